The second-order valence-corrected chi connectivity index (χ2v) is 9.21. The zero-order valence-corrected chi connectivity index (χ0v) is 21.1. The highest BCUT2D eigenvalue weighted by molar-refractivity contribution is 5.89. The Morgan fingerprint density at radius 3 is 2.32 bits per heavy atom. The molecule has 0 radical (unpaired) electrons. The van der Waals surface area contributed by atoms with Gasteiger partial charge in [0.15, 0.2) is 5.65 Å². The molecule has 0 aliphatic heterocycles. The lowest BCUT2D eigenvalue weighted by atomic mass is 10.1. The molecule has 0 atom stereocenters. The van der Waals surface area contributed by atoms with E-state index in [1.807, 2.05) is 91.8 Å². The maximum Gasteiger partial charge on any atom is 0.332 e. The Hall–Kier alpha value is -4.50. The minimum absolute atomic E-state index is 0.374. The van der Waals surface area contributed by atoms with Gasteiger partial charge in [-0.25, -0.2) is 9.48 Å². The summed E-state index contributed by atoms with van der Waals surface area (Å²) in [6.45, 7) is 1.46. The Labute approximate surface area is 214 Å². The number of benzene rings is 2. The standard InChI is InChI=1S/C28H29N7O2/c1-32(2)17-18-34-26-24(27(36)33(3)28(34)37)25(30-22-9-5-4-6-10-22)35(31-26)19-20-12-14-21(15-13-20)23-11-7-8-16-29-23/h4-16,30H,17-19H2,1-3H3. The summed E-state index contributed by atoms with van der Waals surface area (Å²) in [5.74, 6) is 0.550. The Morgan fingerprint density at radius 1 is 0.919 bits per heavy atom. The number of fused-ring (bicyclic) bond motifs is 1. The molecular formula is C28H29N7O2. The van der Waals surface area contributed by atoms with Gasteiger partial charge in [-0.1, -0.05) is 48.5 Å². The third-order valence-electron chi connectivity index (χ3n) is 6.28. The van der Waals surface area contributed by atoms with Crippen LogP contribution in [0.5, 0.6) is 0 Å². The van der Waals surface area contributed by atoms with E-state index in [2.05, 4.69) is 10.3 Å². The van der Waals surface area contributed by atoms with Crippen molar-refractivity contribution >= 4 is 22.5 Å². The van der Waals surface area contributed by atoms with Gasteiger partial charge in [0.2, 0.25) is 0 Å². The lowest BCUT2D eigenvalue weighted by Gasteiger charge is -2.13. The van der Waals surface area contributed by atoms with Crippen LogP contribution < -0.4 is 16.6 Å². The van der Waals surface area contributed by atoms with E-state index >= 15 is 0 Å². The van der Waals surface area contributed by atoms with Gasteiger partial charge in [0.05, 0.1) is 12.2 Å². The molecule has 0 saturated heterocycles. The number of anilines is 2. The molecule has 0 saturated carbocycles. The number of nitrogens with zero attached hydrogens (tertiary/aromatic N) is 6. The van der Waals surface area contributed by atoms with Crippen LogP contribution in [-0.2, 0) is 20.1 Å². The third kappa shape index (κ3) is 4.94. The summed E-state index contributed by atoms with van der Waals surface area (Å²) < 4.78 is 4.50. The second kappa shape index (κ2) is 10.2. The highest BCUT2D eigenvalue weighted by Crippen LogP contribution is 2.25. The molecule has 0 fully saturated rings. The molecule has 0 spiro atoms. The second-order valence-electron chi connectivity index (χ2n) is 9.21. The molecule has 5 rings (SSSR count). The number of likely N-dealkylation sites (N-methyl/N-ethyl adjacent to an activating group) is 1. The number of aromatic nitrogens is 5. The van der Waals surface area contributed by atoms with Crippen LogP contribution in [0.4, 0.5) is 11.5 Å². The molecule has 3 aromatic heterocycles. The predicted octanol–water partition coefficient (Wildman–Crippen LogP) is 3.31. The third-order valence-corrected chi connectivity index (χ3v) is 6.28. The van der Waals surface area contributed by atoms with Crippen molar-refractivity contribution in [1.82, 2.24) is 28.8 Å². The van der Waals surface area contributed by atoms with Crippen LogP contribution in [-0.4, -0.2) is 49.4 Å². The molecule has 0 amide bonds. The van der Waals surface area contributed by atoms with Gasteiger partial charge in [0.1, 0.15) is 11.2 Å². The molecule has 0 bridgehead atoms. The smallest absolute Gasteiger partial charge is 0.332 e. The lowest BCUT2D eigenvalue weighted by molar-refractivity contribution is 0.379. The SMILES string of the molecule is CN(C)CCn1c(=O)n(C)c(=O)c2c(Nc3ccccc3)n(Cc3ccc(-c4ccccn4)cc3)nc21. The van der Waals surface area contributed by atoms with Crippen molar-refractivity contribution in [2.45, 2.75) is 13.1 Å². The average molecular weight is 496 g/mol. The van der Waals surface area contributed by atoms with Crippen molar-refractivity contribution < 1.29 is 0 Å². The fraction of sp³-hybridized carbons (Fsp3) is 0.214. The summed E-state index contributed by atoms with van der Waals surface area (Å²) in [7, 11) is 5.40. The first-order valence-electron chi connectivity index (χ1n) is 12.1. The molecule has 5 aromatic rings. The van der Waals surface area contributed by atoms with Crippen molar-refractivity contribution in [3.8, 4) is 11.3 Å². The van der Waals surface area contributed by atoms with Crippen LogP contribution in [0.1, 0.15) is 5.56 Å². The monoisotopic (exact) mass is 495 g/mol. The maximum absolute atomic E-state index is 13.4. The van der Waals surface area contributed by atoms with E-state index in [0.29, 0.717) is 36.5 Å². The van der Waals surface area contributed by atoms with Crippen LogP contribution in [0.15, 0.2) is 88.6 Å². The van der Waals surface area contributed by atoms with Crippen molar-refractivity contribution in [1.29, 1.82) is 0 Å². The van der Waals surface area contributed by atoms with Gasteiger partial charge in [-0.15, -0.1) is 0 Å². The van der Waals surface area contributed by atoms with E-state index in [-0.39, 0.29) is 11.2 Å². The Kier molecular flexibility index (Phi) is 6.70. The average Bonchev–Trinajstić information content (AvgIpc) is 3.26. The van der Waals surface area contributed by atoms with Gasteiger partial charge in [-0.05, 0) is 43.9 Å². The van der Waals surface area contributed by atoms with Gasteiger partial charge in [0, 0.05) is 37.6 Å². The van der Waals surface area contributed by atoms with Crippen molar-refractivity contribution in [3.63, 3.8) is 0 Å². The van der Waals surface area contributed by atoms with Crippen LogP contribution in [0.25, 0.3) is 22.3 Å². The van der Waals surface area contributed by atoms with E-state index in [0.717, 1.165) is 27.1 Å². The first-order valence-corrected chi connectivity index (χ1v) is 12.1. The maximum atomic E-state index is 13.4. The highest BCUT2D eigenvalue weighted by Gasteiger charge is 2.21. The molecule has 188 valence electrons. The van der Waals surface area contributed by atoms with E-state index in [4.69, 9.17) is 5.10 Å². The van der Waals surface area contributed by atoms with E-state index < -0.39 is 0 Å². The molecule has 37 heavy (non-hydrogen) atoms. The summed E-state index contributed by atoms with van der Waals surface area (Å²) in [5, 5.41) is 8.57. The fourth-order valence-electron chi connectivity index (χ4n) is 4.25. The molecule has 0 aliphatic rings. The number of hydrogen-bond donors (Lipinski definition) is 1. The van der Waals surface area contributed by atoms with E-state index in [9.17, 15) is 9.59 Å². The minimum atomic E-state index is -0.380. The number of hydrogen-bond acceptors (Lipinski definition) is 6. The Morgan fingerprint density at radius 2 is 1.65 bits per heavy atom. The Balaban J connectivity index is 1.62. The first-order chi connectivity index (χ1) is 17.9. The first kappa shape index (κ1) is 24.2. The van der Waals surface area contributed by atoms with E-state index in [1.165, 1.54) is 7.05 Å². The van der Waals surface area contributed by atoms with Crippen molar-refractivity contribution in [2.75, 3.05) is 26.0 Å². The summed E-state index contributed by atoms with van der Waals surface area (Å²) in [5.41, 5.74) is 3.36. The minimum Gasteiger partial charge on any atom is -0.340 e. The molecule has 9 heteroatoms. The molecule has 3 heterocycles. The van der Waals surface area contributed by atoms with Gasteiger partial charge in [-0.3, -0.25) is 18.9 Å². The number of para-hydroxylation sites is 1. The van der Waals surface area contributed by atoms with Crippen LogP contribution in [0.2, 0.25) is 0 Å². The van der Waals surface area contributed by atoms with Crippen LogP contribution in [0, 0.1) is 0 Å². The predicted molar refractivity (Wildman–Crippen MR) is 146 cm³/mol. The molecule has 0 unspecified atom stereocenters. The molecule has 2 aromatic carbocycles. The normalized spacial score (nSPS) is 11.4. The molecule has 1 N–H and O–H groups in total. The quantitative estimate of drug-likeness (QED) is 0.355. The molecular weight excluding hydrogens is 466 g/mol. The van der Waals surface area contributed by atoms with E-state index in [1.54, 1.807) is 15.4 Å². The van der Waals surface area contributed by atoms with Crippen LogP contribution >= 0.6 is 0 Å². The summed E-state index contributed by atoms with van der Waals surface area (Å²) in [6.07, 6.45) is 1.77. The van der Waals surface area contributed by atoms with Gasteiger partial charge >= 0.3 is 5.69 Å². The number of pyridine rings is 1. The number of rotatable bonds is 8. The van der Waals surface area contributed by atoms with Crippen molar-refractivity contribution in [3.05, 3.63) is 105 Å². The van der Waals surface area contributed by atoms with Gasteiger partial charge in [-0.2, -0.15) is 5.10 Å². The van der Waals surface area contributed by atoms with Gasteiger partial charge in [0.25, 0.3) is 5.56 Å². The number of nitrogens with one attached hydrogen (secondary N) is 1. The van der Waals surface area contributed by atoms with Crippen molar-refractivity contribution in [2.24, 2.45) is 7.05 Å². The lowest BCUT2D eigenvalue weighted by Crippen LogP contribution is -2.39. The Bertz CT molecular complexity index is 1630. The summed E-state index contributed by atoms with van der Waals surface area (Å²) >= 11 is 0. The summed E-state index contributed by atoms with van der Waals surface area (Å²) in [4.78, 5) is 32.8. The van der Waals surface area contributed by atoms with Crippen LogP contribution in [0.3, 0.4) is 0 Å². The largest absolute Gasteiger partial charge is 0.340 e. The van der Waals surface area contributed by atoms with Gasteiger partial charge < -0.3 is 10.2 Å². The molecule has 9 nitrogen and oxygen atoms in total. The highest BCUT2D eigenvalue weighted by atomic mass is 16.2. The fourth-order valence-corrected chi connectivity index (χ4v) is 4.25. The zero-order chi connectivity index (χ0) is 25.9. The zero-order valence-electron chi connectivity index (χ0n) is 21.1. The topological polar surface area (TPSA) is 90.0 Å². The molecule has 0 aliphatic carbocycles. The summed E-state index contributed by atoms with van der Waals surface area (Å²) in [6, 6.07) is 23.6.